The third kappa shape index (κ3) is 4.01. The maximum Gasteiger partial charge on any atom is 0.307 e. The summed E-state index contributed by atoms with van der Waals surface area (Å²) < 4.78 is 12.2. The lowest BCUT2D eigenvalue weighted by Gasteiger charge is -2.31. The Hall–Kier alpha value is -2.04. The number of esters is 1. The number of hydrogen-bond donors (Lipinski definition) is 0. The highest BCUT2D eigenvalue weighted by Crippen LogP contribution is 2.50. The standard InChI is InChI=1S/C24H28ClNO3/c1-4-7-23(27)29-24(15(2)3)26-13-19-17-8-5-6-9-21(17)28-22-11-10-16(25)12-18(22)20(19)14-26/h5-6,8-12,15,19-20,24H,4,7,13-14H2,1-3H3. The minimum absolute atomic E-state index is 0.120. The van der Waals surface area contributed by atoms with E-state index in [4.69, 9.17) is 21.1 Å². The van der Waals surface area contributed by atoms with Gasteiger partial charge in [0.2, 0.25) is 0 Å². The van der Waals surface area contributed by atoms with E-state index < -0.39 is 0 Å². The van der Waals surface area contributed by atoms with Crippen LogP contribution in [0, 0.1) is 5.92 Å². The van der Waals surface area contributed by atoms with Gasteiger partial charge in [-0.2, -0.15) is 0 Å². The number of likely N-dealkylation sites (tertiary alicyclic amines) is 1. The Kier molecular flexibility index (Phi) is 5.84. The molecule has 0 aromatic heterocycles. The lowest BCUT2D eigenvalue weighted by molar-refractivity contribution is -0.163. The zero-order valence-electron chi connectivity index (χ0n) is 17.2. The minimum Gasteiger partial charge on any atom is -0.457 e. The molecule has 0 bridgehead atoms. The molecule has 1 fully saturated rings. The van der Waals surface area contributed by atoms with Crippen LogP contribution in [0.3, 0.4) is 0 Å². The largest absolute Gasteiger partial charge is 0.457 e. The molecule has 0 N–H and O–H groups in total. The summed E-state index contributed by atoms with van der Waals surface area (Å²) in [4.78, 5) is 14.6. The van der Waals surface area contributed by atoms with Crippen LogP contribution < -0.4 is 4.74 Å². The molecule has 1 saturated heterocycles. The fourth-order valence-electron chi connectivity index (χ4n) is 4.60. The van der Waals surface area contributed by atoms with E-state index in [1.807, 2.05) is 37.3 Å². The van der Waals surface area contributed by atoms with Crippen molar-refractivity contribution in [3.05, 3.63) is 58.6 Å². The second kappa shape index (κ2) is 8.37. The molecule has 0 aliphatic carbocycles. The highest BCUT2D eigenvalue weighted by atomic mass is 35.5. The number of fused-ring (bicyclic) bond motifs is 5. The number of rotatable bonds is 5. The van der Waals surface area contributed by atoms with E-state index in [0.717, 1.165) is 36.6 Å². The van der Waals surface area contributed by atoms with Gasteiger partial charge in [0.05, 0.1) is 0 Å². The number of hydrogen-bond acceptors (Lipinski definition) is 4. The van der Waals surface area contributed by atoms with E-state index in [2.05, 4.69) is 30.9 Å². The molecule has 3 unspecified atom stereocenters. The zero-order chi connectivity index (χ0) is 20.5. The molecule has 154 valence electrons. The van der Waals surface area contributed by atoms with Crippen molar-refractivity contribution in [2.24, 2.45) is 5.92 Å². The average Bonchev–Trinajstić information content (AvgIpc) is 3.07. The van der Waals surface area contributed by atoms with E-state index in [9.17, 15) is 4.79 Å². The summed E-state index contributed by atoms with van der Waals surface area (Å²) in [7, 11) is 0. The molecule has 2 aliphatic heterocycles. The molecule has 3 atom stereocenters. The van der Waals surface area contributed by atoms with Gasteiger partial charge in [-0.15, -0.1) is 0 Å². The van der Waals surface area contributed by atoms with Crippen molar-refractivity contribution in [2.45, 2.75) is 51.7 Å². The molecule has 0 spiro atoms. The van der Waals surface area contributed by atoms with Crippen LogP contribution in [0.25, 0.3) is 0 Å². The highest BCUT2D eigenvalue weighted by Gasteiger charge is 2.43. The van der Waals surface area contributed by atoms with Crippen LogP contribution in [0.4, 0.5) is 0 Å². The Morgan fingerprint density at radius 2 is 1.83 bits per heavy atom. The quantitative estimate of drug-likeness (QED) is 0.567. The summed E-state index contributed by atoms with van der Waals surface area (Å²) in [6.45, 7) is 7.84. The fraction of sp³-hybridized carbons (Fsp3) is 0.458. The van der Waals surface area contributed by atoms with Gasteiger partial charge in [0.15, 0.2) is 6.23 Å². The Morgan fingerprint density at radius 1 is 1.14 bits per heavy atom. The monoisotopic (exact) mass is 413 g/mol. The molecule has 4 rings (SSSR count). The van der Waals surface area contributed by atoms with Crippen molar-refractivity contribution in [2.75, 3.05) is 13.1 Å². The first-order chi connectivity index (χ1) is 14.0. The smallest absolute Gasteiger partial charge is 0.307 e. The zero-order valence-corrected chi connectivity index (χ0v) is 18.0. The van der Waals surface area contributed by atoms with Crippen molar-refractivity contribution >= 4 is 17.6 Å². The summed E-state index contributed by atoms with van der Waals surface area (Å²) in [6, 6.07) is 14.1. The topological polar surface area (TPSA) is 38.8 Å². The Morgan fingerprint density at radius 3 is 2.55 bits per heavy atom. The number of para-hydroxylation sites is 1. The van der Waals surface area contributed by atoms with Gasteiger partial charge in [-0.1, -0.05) is 50.6 Å². The third-order valence-corrected chi connectivity index (χ3v) is 6.13. The number of carbonyl (C=O) groups excluding carboxylic acids is 1. The van der Waals surface area contributed by atoms with Crippen molar-refractivity contribution in [3.63, 3.8) is 0 Å². The average molecular weight is 414 g/mol. The van der Waals surface area contributed by atoms with Crippen LogP contribution in [-0.4, -0.2) is 30.2 Å². The first-order valence-corrected chi connectivity index (χ1v) is 10.9. The summed E-state index contributed by atoms with van der Waals surface area (Å²) in [5.74, 6) is 2.35. The third-order valence-electron chi connectivity index (χ3n) is 5.89. The number of halogens is 1. The van der Waals surface area contributed by atoms with Gasteiger partial charge >= 0.3 is 5.97 Å². The fourth-order valence-corrected chi connectivity index (χ4v) is 4.78. The maximum atomic E-state index is 12.2. The molecular weight excluding hydrogens is 386 g/mol. The first-order valence-electron chi connectivity index (χ1n) is 10.5. The molecule has 4 nitrogen and oxygen atoms in total. The van der Waals surface area contributed by atoms with Gasteiger partial charge in [-0.25, -0.2) is 0 Å². The van der Waals surface area contributed by atoms with E-state index in [0.29, 0.717) is 11.4 Å². The highest BCUT2D eigenvalue weighted by molar-refractivity contribution is 6.30. The molecule has 29 heavy (non-hydrogen) atoms. The van der Waals surface area contributed by atoms with Crippen molar-refractivity contribution in [1.82, 2.24) is 4.90 Å². The molecular formula is C24H28ClNO3. The van der Waals surface area contributed by atoms with Crippen LogP contribution in [0.1, 0.15) is 56.6 Å². The van der Waals surface area contributed by atoms with E-state index in [1.54, 1.807) is 0 Å². The van der Waals surface area contributed by atoms with Gasteiger partial charge in [0.25, 0.3) is 0 Å². The summed E-state index contributed by atoms with van der Waals surface area (Å²) in [6.07, 6.45) is 1.03. The molecule has 0 saturated carbocycles. The van der Waals surface area contributed by atoms with Crippen LogP contribution in [0.2, 0.25) is 5.02 Å². The Labute approximate surface area is 177 Å². The summed E-state index contributed by atoms with van der Waals surface area (Å²) in [5.41, 5.74) is 2.33. The van der Waals surface area contributed by atoms with E-state index in [1.165, 1.54) is 5.56 Å². The van der Waals surface area contributed by atoms with Gasteiger partial charge in [-0.05, 0) is 36.2 Å². The molecule has 5 heteroatoms. The summed E-state index contributed by atoms with van der Waals surface area (Å²) in [5, 5.41) is 0.713. The second-order valence-electron chi connectivity index (χ2n) is 8.36. The van der Waals surface area contributed by atoms with E-state index >= 15 is 0 Å². The molecule has 0 amide bonds. The number of benzene rings is 2. The van der Waals surface area contributed by atoms with Crippen molar-refractivity contribution in [1.29, 1.82) is 0 Å². The van der Waals surface area contributed by atoms with Crippen LogP contribution in [0.15, 0.2) is 42.5 Å². The molecule has 2 heterocycles. The number of nitrogens with zero attached hydrogens (tertiary/aromatic N) is 1. The van der Waals surface area contributed by atoms with Gasteiger partial charge in [0, 0.05) is 47.9 Å². The number of carbonyl (C=O) groups is 1. The molecule has 0 radical (unpaired) electrons. The maximum absolute atomic E-state index is 12.2. The SMILES string of the molecule is CCCC(=O)OC(C(C)C)N1CC2c3ccccc3Oc3ccc(Cl)cc3C2C1. The lowest BCUT2D eigenvalue weighted by Crippen LogP contribution is -2.41. The van der Waals surface area contributed by atoms with Gasteiger partial charge < -0.3 is 9.47 Å². The van der Waals surface area contributed by atoms with Crippen molar-refractivity contribution < 1.29 is 14.3 Å². The number of ether oxygens (including phenoxy) is 2. The predicted molar refractivity (Wildman–Crippen MR) is 115 cm³/mol. The Balaban J connectivity index is 1.70. The molecule has 2 aliphatic rings. The van der Waals surface area contributed by atoms with Crippen LogP contribution in [0.5, 0.6) is 11.5 Å². The van der Waals surface area contributed by atoms with Gasteiger partial charge in [-0.3, -0.25) is 9.69 Å². The first kappa shape index (κ1) is 20.2. The molecule has 2 aromatic carbocycles. The normalized spacial score (nSPS) is 21.6. The predicted octanol–water partition coefficient (Wildman–Crippen LogP) is 5.95. The lowest BCUT2D eigenvalue weighted by atomic mass is 9.84. The molecule has 2 aromatic rings. The van der Waals surface area contributed by atoms with Crippen LogP contribution >= 0.6 is 11.6 Å². The summed E-state index contributed by atoms with van der Waals surface area (Å²) >= 11 is 6.35. The Bertz CT molecular complexity index is 897. The van der Waals surface area contributed by atoms with Crippen LogP contribution in [-0.2, 0) is 9.53 Å². The van der Waals surface area contributed by atoms with E-state index in [-0.39, 0.29) is 30.0 Å². The van der Waals surface area contributed by atoms with Crippen molar-refractivity contribution in [3.8, 4) is 11.5 Å². The minimum atomic E-state index is -0.225. The second-order valence-corrected chi connectivity index (χ2v) is 8.80. The van der Waals surface area contributed by atoms with Gasteiger partial charge in [0.1, 0.15) is 11.5 Å².